The number of benzene rings is 2. The fourth-order valence-electron chi connectivity index (χ4n) is 3.27. The monoisotopic (exact) mass is 365 g/mol. The van der Waals surface area contributed by atoms with Gasteiger partial charge in [-0.3, -0.25) is 9.69 Å². The van der Waals surface area contributed by atoms with Crippen LogP contribution >= 0.6 is 0 Å². The van der Waals surface area contributed by atoms with E-state index in [0.29, 0.717) is 27.6 Å². The van der Waals surface area contributed by atoms with Gasteiger partial charge in [0.25, 0.3) is 0 Å². The Morgan fingerprint density at radius 3 is 2.23 bits per heavy atom. The van der Waals surface area contributed by atoms with E-state index in [0.717, 1.165) is 18.8 Å². The van der Waals surface area contributed by atoms with Crippen molar-refractivity contribution in [3.63, 3.8) is 0 Å². The minimum absolute atomic E-state index is 0.0133. The number of para-hydroxylation sites is 2. The number of aromatic nitrogens is 2. The van der Waals surface area contributed by atoms with Crippen molar-refractivity contribution in [2.45, 2.75) is 36.1 Å². The number of carbonyl (C=O) groups excluding carboxylic acids is 1. The SMILES string of the molecule is Cc1nccn1CCCC(=O)N1c2ccccc2S(=O)c2ccccc21. The standard InChI is InChI=1S/C20H19N3O2S/c1-15-21-12-14-22(15)13-6-11-20(24)23-16-7-2-4-9-18(16)26(25)19-10-5-3-8-17(19)23/h2-5,7-10,12,14H,6,11,13H2,1H3. The van der Waals surface area contributed by atoms with Crippen molar-refractivity contribution in [2.24, 2.45) is 0 Å². The Labute approximate surface area is 154 Å². The van der Waals surface area contributed by atoms with Gasteiger partial charge < -0.3 is 4.57 Å². The molecule has 132 valence electrons. The van der Waals surface area contributed by atoms with Crippen LogP contribution in [0.25, 0.3) is 0 Å². The molecule has 0 aliphatic carbocycles. The number of hydrogen-bond acceptors (Lipinski definition) is 3. The highest BCUT2D eigenvalue weighted by atomic mass is 32.2. The zero-order chi connectivity index (χ0) is 18.1. The van der Waals surface area contributed by atoms with E-state index in [9.17, 15) is 9.00 Å². The Hall–Kier alpha value is -2.73. The molecule has 4 rings (SSSR count). The van der Waals surface area contributed by atoms with Crippen LogP contribution < -0.4 is 4.90 Å². The summed E-state index contributed by atoms with van der Waals surface area (Å²) < 4.78 is 14.9. The summed E-state index contributed by atoms with van der Waals surface area (Å²) in [5.41, 5.74) is 1.43. The summed E-state index contributed by atoms with van der Waals surface area (Å²) in [6.07, 6.45) is 4.82. The number of nitrogens with zero attached hydrogens (tertiary/aromatic N) is 3. The highest BCUT2D eigenvalue weighted by Crippen LogP contribution is 2.42. The fraction of sp³-hybridized carbons (Fsp3) is 0.200. The average Bonchev–Trinajstić information content (AvgIpc) is 3.07. The van der Waals surface area contributed by atoms with Gasteiger partial charge in [0.05, 0.1) is 32.0 Å². The maximum Gasteiger partial charge on any atom is 0.231 e. The summed E-state index contributed by atoms with van der Waals surface area (Å²) in [5, 5.41) is 0. The number of carbonyl (C=O) groups is 1. The largest absolute Gasteiger partial charge is 0.335 e. The molecule has 0 radical (unpaired) electrons. The number of fused-ring (bicyclic) bond motifs is 2. The lowest BCUT2D eigenvalue weighted by atomic mass is 10.2. The quantitative estimate of drug-likeness (QED) is 0.706. The molecule has 0 saturated heterocycles. The second kappa shape index (κ2) is 6.88. The lowest BCUT2D eigenvalue weighted by Crippen LogP contribution is -2.30. The minimum atomic E-state index is -1.27. The molecule has 0 atom stereocenters. The van der Waals surface area contributed by atoms with E-state index in [-0.39, 0.29) is 5.91 Å². The van der Waals surface area contributed by atoms with Gasteiger partial charge in [-0.1, -0.05) is 24.3 Å². The third-order valence-electron chi connectivity index (χ3n) is 4.57. The van der Waals surface area contributed by atoms with Crippen molar-refractivity contribution in [1.29, 1.82) is 0 Å². The topological polar surface area (TPSA) is 55.2 Å². The molecule has 0 bridgehead atoms. The third-order valence-corrected chi connectivity index (χ3v) is 6.06. The summed E-state index contributed by atoms with van der Waals surface area (Å²) in [5.74, 6) is 0.959. The molecule has 1 aliphatic heterocycles. The van der Waals surface area contributed by atoms with E-state index in [1.54, 1.807) is 11.1 Å². The number of imidazole rings is 1. The van der Waals surface area contributed by atoms with Crippen molar-refractivity contribution >= 4 is 28.1 Å². The van der Waals surface area contributed by atoms with Crippen LogP contribution in [-0.4, -0.2) is 19.7 Å². The Bertz CT molecular complexity index is 946. The second-order valence-electron chi connectivity index (χ2n) is 6.20. The molecule has 0 N–H and O–H groups in total. The molecule has 0 spiro atoms. The van der Waals surface area contributed by atoms with Crippen LogP contribution in [0, 0.1) is 6.92 Å². The molecular weight excluding hydrogens is 346 g/mol. The number of amides is 1. The second-order valence-corrected chi connectivity index (χ2v) is 7.62. The molecule has 1 aliphatic rings. The third kappa shape index (κ3) is 2.86. The van der Waals surface area contributed by atoms with E-state index in [1.807, 2.05) is 66.2 Å². The van der Waals surface area contributed by atoms with Gasteiger partial charge in [0, 0.05) is 25.4 Å². The molecule has 0 unspecified atom stereocenters. The van der Waals surface area contributed by atoms with Gasteiger partial charge in [-0.15, -0.1) is 0 Å². The van der Waals surface area contributed by atoms with Gasteiger partial charge >= 0.3 is 0 Å². The first-order valence-corrected chi connectivity index (χ1v) is 9.72. The Balaban J connectivity index is 1.61. The summed E-state index contributed by atoms with van der Waals surface area (Å²) in [7, 11) is -1.27. The van der Waals surface area contributed by atoms with E-state index < -0.39 is 10.8 Å². The lowest BCUT2D eigenvalue weighted by molar-refractivity contribution is -0.118. The van der Waals surface area contributed by atoms with E-state index >= 15 is 0 Å². The normalized spacial score (nSPS) is 13.3. The van der Waals surface area contributed by atoms with Crippen molar-refractivity contribution in [3.8, 4) is 0 Å². The minimum Gasteiger partial charge on any atom is -0.335 e. The summed E-state index contributed by atoms with van der Waals surface area (Å²) >= 11 is 0. The van der Waals surface area contributed by atoms with Crippen LogP contribution in [0.1, 0.15) is 18.7 Å². The Morgan fingerprint density at radius 1 is 1.04 bits per heavy atom. The molecule has 5 nitrogen and oxygen atoms in total. The van der Waals surface area contributed by atoms with Crippen molar-refractivity contribution in [1.82, 2.24) is 9.55 Å². The molecule has 1 aromatic heterocycles. The highest BCUT2D eigenvalue weighted by Gasteiger charge is 2.31. The van der Waals surface area contributed by atoms with Crippen LogP contribution in [0.4, 0.5) is 11.4 Å². The molecule has 1 amide bonds. The van der Waals surface area contributed by atoms with Crippen LogP contribution in [0.15, 0.2) is 70.7 Å². The van der Waals surface area contributed by atoms with Crippen LogP contribution in [0.5, 0.6) is 0 Å². The molecule has 3 aromatic rings. The maximum absolute atomic E-state index is 13.0. The van der Waals surface area contributed by atoms with E-state index in [2.05, 4.69) is 4.98 Å². The lowest BCUT2D eigenvalue weighted by Gasteiger charge is -2.31. The maximum atomic E-state index is 13.0. The Morgan fingerprint density at radius 2 is 1.65 bits per heavy atom. The molecular formula is C20H19N3O2S. The molecule has 0 saturated carbocycles. The molecule has 0 fully saturated rings. The first-order valence-electron chi connectivity index (χ1n) is 8.57. The van der Waals surface area contributed by atoms with Crippen molar-refractivity contribution in [3.05, 3.63) is 66.7 Å². The van der Waals surface area contributed by atoms with Crippen molar-refractivity contribution in [2.75, 3.05) is 4.90 Å². The number of aryl methyl sites for hydroxylation is 2. The van der Waals surface area contributed by atoms with Crippen LogP contribution in [0.2, 0.25) is 0 Å². The Kier molecular flexibility index (Phi) is 4.42. The molecule has 2 aromatic carbocycles. The van der Waals surface area contributed by atoms with Crippen molar-refractivity contribution < 1.29 is 9.00 Å². The first-order chi connectivity index (χ1) is 12.7. The van der Waals surface area contributed by atoms with E-state index in [4.69, 9.17) is 0 Å². The summed E-state index contributed by atoms with van der Waals surface area (Å²) in [6, 6.07) is 14.8. The zero-order valence-electron chi connectivity index (χ0n) is 14.5. The van der Waals surface area contributed by atoms with Gasteiger partial charge in [0.15, 0.2) is 0 Å². The average molecular weight is 365 g/mol. The molecule has 26 heavy (non-hydrogen) atoms. The van der Waals surface area contributed by atoms with Gasteiger partial charge in [-0.2, -0.15) is 0 Å². The van der Waals surface area contributed by atoms with Crippen LogP contribution in [0.3, 0.4) is 0 Å². The summed E-state index contributed by atoms with van der Waals surface area (Å²) in [4.78, 5) is 20.3. The zero-order valence-corrected chi connectivity index (χ0v) is 15.3. The molecule has 6 heteroatoms. The highest BCUT2D eigenvalue weighted by molar-refractivity contribution is 7.85. The predicted molar refractivity (Wildman–Crippen MR) is 101 cm³/mol. The first kappa shape index (κ1) is 16.7. The van der Waals surface area contributed by atoms with Gasteiger partial charge in [-0.05, 0) is 37.6 Å². The van der Waals surface area contributed by atoms with Gasteiger partial charge in [0.2, 0.25) is 5.91 Å². The van der Waals surface area contributed by atoms with Crippen LogP contribution in [-0.2, 0) is 22.1 Å². The van der Waals surface area contributed by atoms with Gasteiger partial charge in [0.1, 0.15) is 5.82 Å². The number of hydrogen-bond donors (Lipinski definition) is 0. The van der Waals surface area contributed by atoms with E-state index in [1.165, 1.54) is 0 Å². The smallest absolute Gasteiger partial charge is 0.231 e. The predicted octanol–water partition coefficient (Wildman–Crippen LogP) is 3.82. The molecule has 2 heterocycles. The summed E-state index contributed by atoms with van der Waals surface area (Å²) in [6.45, 7) is 2.70. The number of rotatable bonds is 4. The van der Waals surface area contributed by atoms with Gasteiger partial charge in [-0.25, -0.2) is 9.19 Å². The number of anilines is 2. The fourth-order valence-corrected chi connectivity index (χ4v) is 4.61.